The molecule has 0 spiro atoms. The Morgan fingerprint density at radius 3 is 2.86 bits per heavy atom. The summed E-state index contributed by atoms with van der Waals surface area (Å²) in [6, 6.07) is 6.71. The smallest absolute Gasteiger partial charge is 0.336 e. The molecule has 1 heterocycles. The van der Waals surface area contributed by atoms with Gasteiger partial charge >= 0.3 is 11.6 Å². The lowest BCUT2D eigenvalue weighted by Crippen LogP contribution is -2.10. The lowest BCUT2D eigenvalue weighted by molar-refractivity contribution is -0.138. The van der Waals surface area contributed by atoms with Crippen molar-refractivity contribution in [1.82, 2.24) is 0 Å². The molecule has 2 rings (SSSR count). The largest absolute Gasteiger partial charge is 0.490 e. The first kappa shape index (κ1) is 14.8. The number of aryl methyl sites for hydroxylation is 1. The number of carbonyl (C=O) groups is 1. The second-order valence-electron chi connectivity index (χ2n) is 4.42. The number of hydrogen-bond donors (Lipinski definition) is 0. The van der Waals surface area contributed by atoms with Crippen LogP contribution in [0.2, 0.25) is 0 Å². The monoisotopic (exact) mass is 288 g/mol. The number of hydrogen-bond acceptors (Lipinski definition) is 5. The zero-order valence-corrected chi connectivity index (χ0v) is 11.9. The Kier molecular flexibility index (Phi) is 4.77. The summed E-state index contributed by atoms with van der Waals surface area (Å²) in [5.74, 6) is 0.152. The quantitative estimate of drug-likeness (QED) is 0.366. The van der Waals surface area contributed by atoms with E-state index in [0.717, 1.165) is 10.9 Å². The summed E-state index contributed by atoms with van der Waals surface area (Å²) in [6.07, 6.45) is 2.95. The van der Waals surface area contributed by atoms with Crippen molar-refractivity contribution >= 4 is 16.9 Å². The number of benzene rings is 1. The summed E-state index contributed by atoms with van der Waals surface area (Å²) in [5.41, 5.74) is 0.939. The average Bonchev–Trinajstić information content (AvgIpc) is 2.43. The zero-order chi connectivity index (χ0) is 15.2. The second kappa shape index (κ2) is 6.74. The molecule has 1 aromatic carbocycles. The Hall–Kier alpha value is -2.56. The summed E-state index contributed by atoms with van der Waals surface area (Å²) < 4.78 is 15.5. The molecule has 0 unspecified atom stereocenters. The van der Waals surface area contributed by atoms with E-state index in [1.807, 2.05) is 13.0 Å². The van der Waals surface area contributed by atoms with Crippen LogP contribution in [0.3, 0.4) is 0 Å². The summed E-state index contributed by atoms with van der Waals surface area (Å²) in [5, 5.41) is 0.862. The topological polar surface area (TPSA) is 65.7 Å². The second-order valence-corrected chi connectivity index (χ2v) is 4.42. The summed E-state index contributed by atoms with van der Waals surface area (Å²) in [6.45, 7) is 3.97. The van der Waals surface area contributed by atoms with Crippen molar-refractivity contribution < 1.29 is 18.7 Å². The van der Waals surface area contributed by atoms with E-state index in [1.165, 1.54) is 12.1 Å². The molecular formula is C16H16O5. The lowest BCUT2D eigenvalue weighted by Gasteiger charge is -2.07. The predicted octanol–water partition coefficient (Wildman–Crippen LogP) is 2.60. The SMILES string of the molecule is CC=CC(=O)OCCOc1ccc2c(C)cc(=O)oc2c1. The zero-order valence-electron chi connectivity index (χ0n) is 11.9. The van der Waals surface area contributed by atoms with E-state index in [4.69, 9.17) is 13.9 Å². The molecule has 0 aliphatic heterocycles. The van der Waals surface area contributed by atoms with Crippen LogP contribution in [-0.2, 0) is 9.53 Å². The van der Waals surface area contributed by atoms with Crippen LogP contribution in [0.5, 0.6) is 5.75 Å². The fourth-order valence-electron chi connectivity index (χ4n) is 1.88. The van der Waals surface area contributed by atoms with Crippen LogP contribution in [0, 0.1) is 6.92 Å². The summed E-state index contributed by atoms with van der Waals surface area (Å²) in [4.78, 5) is 22.4. The van der Waals surface area contributed by atoms with Gasteiger partial charge < -0.3 is 13.9 Å². The van der Waals surface area contributed by atoms with Crippen molar-refractivity contribution in [3.05, 3.63) is 52.4 Å². The van der Waals surface area contributed by atoms with Gasteiger partial charge in [-0.1, -0.05) is 6.08 Å². The van der Waals surface area contributed by atoms with Gasteiger partial charge in [-0.2, -0.15) is 0 Å². The van der Waals surface area contributed by atoms with Gasteiger partial charge in [0.25, 0.3) is 0 Å². The minimum atomic E-state index is -0.402. The number of carbonyl (C=O) groups excluding carboxylic acids is 1. The van der Waals surface area contributed by atoms with Crippen molar-refractivity contribution in [2.75, 3.05) is 13.2 Å². The number of esters is 1. The van der Waals surface area contributed by atoms with Gasteiger partial charge in [-0.25, -0.2) is 9.59 Å². The maximum absolute atomic E-state index is 11.3. The maximum atomic E-state index is 11.3. The Labute approximate surface area is 121 Å². The van der Waals surface area contributed by atoms with Crippen LogP contribution >= 0.6 is 0 Å². The summed E-state index contributed by atoms with van der Waals surface area (Å²) in [7, 11) is 0. The molecule has 0 N–H and O–H groups in total. The van der Waals surface area contributed by atoms with Gasteiger partial charge in [-0.15, -0.1) is 0 Å². The minimum Gasteiger partial charge on any atom is -0.490 e. The first-order valence-corrected chi connectivity index (χ1v) is 6.57. The Morgan fingerprint density at radius 2 is 2.10 bits per heavy atom. The van der Waals surface area contributed by atoms with Crippen LogP contribution in [0.15, 0.2) is 45.6 Å². The molecule has 2 aromatic rings. The highest BCUT2D eigenvalue weighted by Crippen LogP contribution is 2.22. The molecule has 5 nitrogen and oxygen atoms in total. The van der Waals surface area contributed by atoms with Gasteiger partial charge in [0.05, 0.1) is 0 Å². The molecule has 0 aliphatic rings. The Balaban J connectivity index is 2.00. The molecule has 0 bridgehead atoms. The molecule has 0 atom stereocenters. The Morgan fingerprint density at radius 1 is 1.29 bits per heavy atom. The van der Waals surface area contributed by atoms with E-state index >= 15 is 0 Å². The number of ether oxygens (including phenoxy) is 2. The molecule has 21 heavy (non-hydrogen) atoms. The number of rotatable bonds is 5. The molecule has 0 aliphatic carbocycles. The van der Waals surface area contributed by atoms with Crippen molar-refractivity contribution in [1.29, 1.82) is 0 Å². The summed E-state index contributed by atoms with van der Waals surface area (Å²) >= 11 is 0. The van der Waals surface area contributed by atoms with Gasteiger partial charge in [-0.05, 0) is 31.5 Å². The Bertz CT molecular complexity index is 727. The van der Waals surface area contributed by atoms with E-state index in [9.17, 15) is 9.59 Å². The van der Waals surface area contributed by atoms with Gasteiger partial charge in [0.2, 0.25) is 0 Å². The van der Waals surface area contributed by atoms with Crippen LogP contribution in [0.25, 0.3) is 11.0 Å². The molecule has 0 fully saturated rings. The molecule has 0 saturated heterocycles. The maximum Gasteiger partial charge on any atom is 0.336 e. The van der Waals surface area contributed by atoms with Crippen LogP contribution in [-0.4, -0.2) is 19.2 Å². The first-order chi connectivity index (χ1) is 10.1. The number of fused-ring (bicyclic) bond motifs is 1. The van der Waals surface area contributed by atoms with Crippen LogP contribution in [0.4, 0.5) is 0 Å². The molecule has 0 saturated carbocycles. The number of allylic oxidation sites excluding steroid dienone is 1. The third kappa shape index (κ3) is 3.95. The fourth-order valence-corrected chi connectivity index (χ4v) is 1.88. The average molecular weight is 288 g/mol. The molecule has 0 radical (unpaired) electrons. The van der Waals surface area contributed by atoms with E-state index in [1.54, 1.807) is 25.1 Å². The third-order valence-electron chi connectivity index (χ3n) is 2.82. The predicted molar refractivity (Wildman–Crippen MR) is 78.5 cm³/mol. The highest BCUT2D eigenvalue weighted by atomic mass is 16.6. The van der Waals surface area contributed by atoms with Crippen LogP contribution in [0.1, 0.15) is 12.5 Å². The lowest BCUT2D eigenvalue weighted by atomic mass is 10.1. The van der Waals surface area contributed by atoms with Crippen LogP contribution < -0.4 is 10.4 Å². The van der Waals surface area contributed by atoms with E-state index in [2.05, 4.69) is 0 Å². The van der Waals surface area contributed by atoms with Gasteiger partial charge in [-0.3, -0.25) is 0 Å². The van der Waals surface area contributed by atoms with Gasteiger partial charge in [0, 0.05) is 23.6 Å². The molecule has 5 heteroatoms. The van der Waals surface area contributed by atoms with E-state index in [-0.39, 0.29) is 13.2 Å². The van der Waals surface area contributed by atoms with Crippen molar-refractivity contribution in [3.63, 3.8) is 0 Å². The van der Waals surface area contributed by atoms with Crippen molar-refractivity contribution in [2.45, 2.75) is 13.8 Å². The molecule has 110 valence electrons. The molecule has 0 amide bonds. The van der Waals surface area contributed by atoms with Crippen molar-refractivity contribution in [2.24, 2.45) is 0 Å². The minimum absolute atomic E-state index is 0.152. The van der Waals surface area contributed by atoms with Gasteiger partial charge in [0.15, 0.2) is 0 Å². The highest BCUT2D eigenvalue weighted by Gasteiger charge is 2.04. The highest BCUT2D eigenvalue weighted by molar-refractivity contribution is 5.82. The fraction of sp³-hybridized carbons (Fsp3) is 0.250. The van der Waals surface area contributed by atoms with E-state index in [0.29, 0.717) is 11.3 Å². The normalized spacial score (nSPS) is 11.0. The van der Waals surface area contributed by atoms with E-state index < -0.39 is 11.6 Å². The van der Waals surface area contributed by atoms with Gasteiger partial charge in [0.1, 0.15) is 24.5 Å². The molecular weight excluding hydrogens is 272 g/mol. The first-order valence-electron chi connectivity index (χ1n) is 6.57. The third-order valence-corrected chi connectivity index (χ3v) is 2.82. The standard InChI is InChI=1S/C16H16O5/c1-3-4-15(17)20-8-7-19-12-5-6-13-11(2)9-16(18)21-14(13)10-12/h3-6,9-10H,7-8H2,1-2H3. The van der Waals surface area contributed by atoms with Crippen molar-refractivity contribution in [3.8, 4) is 5.75 Å². The molecule has 1 aromatic heterocycles.